The van der Waals surface area contributed by atoms with E-state index in [0.29, 0.717) is 11.5 Å². The van der Waals surface area contributed by atoms with E-state index in [2.05, 4.69) is 16.4 Å². The van der Waals surface area contributed by atoms with Gasteiger partial charge in [-0.05, 0) is 43.8 Å². The first kappa shape index (κ1) is 15.5. The van der Waals surface area contributed by atoms with Crippen LogP contribution in [0.1, 0.15) is 19.4 Å². The molecule has 23 heavy (non-hydrogen) atoms. The Morgan fingerprint density at radius 1 is 1.39 bits per heavy atom. The van der Waals surface area contributed by atoms with Crippen molar-refractivity contribution >= 4 is 34.1 Å². The first-order valence-electron chi connectivity index (χ1n) is 7.61. The molecule has 1 aromatic heterocycles. The van der Waals surface area contributed by atoms with E-state index in [9.17, 15) is 4.79 Å². The number of amides is 1. The van der Waals surface area contributed by atoms with Gasteiger partial charge in [0, 0.05) is 29.2 Å². The molecule has 2 N–H and O–H groups in total. The largest absolute Gasteiger partial charge is 0.361 e. The fraction of sp³-hybridized carbons (Fsp3) is 0.222. The molecule has 1 aliphatic heterocycles. The smallest absolute Gasteiger partial charge is 0.255 e. The summed E-state index contributed by atoms with van der Waals surface area (Å²) in [6.07, 6.45) is 8.28. The monoisotopic (exact) mass is 325 g/mol. The van der Waals surface area contributed by atoms with Crippen LogP contribution in [-0.4, -0.2) is 26.9 Å². The number of hydrogen-bond acceptors (Lipinski definition) is 2. The van der Waals surface area contributed by atoms with Gasteiger partial charge in [-0.2, -0.15) is 0 Å². The summed E-state index contributed by atoms with van der Waals surface area (Å²) in [6, 6.07) is 7.77. The molecule has 0 aliphatic carbocycles. The first-order chi connectivity index (χ1) is 11.1. The number of aromatic nitrogens is 1. The number of allylic oxidation sites excluding steroid dienone is 4. The van der Waals surface area contributed by atoms with Crippen molar-refractivity contribution in [1.82, 2.24) is 15.2 Å². The summed E-state index contributed by atoms with van der Waals surface area (Å²) in [5.41, 5.74) is 3.02. The summed E-state index contributed by atoms with van der Waals surface area (Å²) in [4.78, 5) is 17.5. The molecule has 1 saturated heterocycles. The highest BCUT2D eigenvalue weighted by atomic mass is 32.1. The van der Waals surface area contributed by atoms with E-state index >= 15 is 0 Å². The third-order valence-electron chi connectivity index (χ3n) is 4.00. The lowest BCUT2D eigenvalue weighted by molar-refractivity contribution is -0.125. The van der Waals surface area contributed by atoms with E-state index in [1.54, 1.807) is 4.90 Å². The van der Waals surface area contributed by atoms with Gasteiger partial charge in [-0.15, -0.1) is 0 Å². The summed E-state index contributed by atoms with van der Waals surface area (Å²) in [5, 5.41) is 4.76. The van der Waals surface area contributed by atoms with Gasteiger partial charge in [-0.3, -0.25) is 9.69 Å². The van der Waals surface area contributed by atoms with Crippen molar-refractivity contribution in [2.24, 2.45) is 0 Å². The minimum absolute atomic E-state index is 0.00136. The highest BCUT2D eigenvalue weighted by Gasteiger charge is 2.36. The quantitative estimate of drug-likeness (QED) is 0.670. The molecule has 1 fully saturated rings. The second kappa shape index (κ2) is 6.38. The fourth-order valence-electron chi connectivity index (χ4n) is 2.83. The Balaban J connectivity index is 1.82. The molecule has 0 bridgehead atoms. The predicted octanol–water partition coefficient (Wildman–Crippen LogP) is 3.28. The maximum absolute atomic E-state index is 12.7. The van der Waals surface area contributed by atoms with Crippen LogP contribution < -0.4 is 5.32 Å². The Morgan fingerprint density at radius 2 is 2.17 bits per heavy atom. The van der Waals surface area contributed by atoms with Gasteiger partial charge in [0.1, 0.15) is 6.04 Å². The molecule has 4 nitrogen and oxygen atoms in total. The second-order valence-corrected chi connectivity index (χ2v) is 5.96. The van der Waals surface area contributed by atoms with Crippen LogP contribution in [0.5, 0.6) is 0 Å². The second-order valence-electron chi connectivity index (χ2n) is 5.57. The molecular formula is C18H19N3OS. The maximum atomic E-state index is 12.7. The summed E-state index contributed by atoms with van der Waals surface area (Å²) in [5.74, 6) is -0.00136. The lowest BCUT2D eigenvalue weighted by Crippen LogP contribution is -2.31. The topological polar surface area (TPSA) is 48.1 Å². The van der Waals surface area contributed by atoms with E-state index in [-0.39, 0.29) is 11.9 Å². The molecule has 1 aliphatic rings. The third-order valence-corrected chi connectivity index (χ3v) is 4.30. The summed E-state index contributed by atoms with van der Waals surface area (Å²) >= 11 is 5.33. The molecule has 0 saturated carbocycles. The Labute approximate surface area is 140 Å². The number of hydrogen-bond donors (Lipinski definition) is 2. The van der Waals surface area contributed by atoms with Crippen molar-refractivity contribution < 1.29 is 4.79 Å². The molecule has 1 aromatic carbocycles. The fourth-order valence-corrected chi connectivity index (χ4v) is 3.21. The first-order valence-corrected chi connectivity index (χ1v) is 8.01. The number of benzene rings is 1. The average molecular weight is 325 g/mol. The van der Waals surface area contributed by atoms with Crippen molar-refractivity contribution in [3.05, 3.63) is 60.0 Å². The van der Waals surface area contributed by atoms with Crippen molar-refractivity contribution in [2.45, 2.75) is 26.3 Å². The molecule has 2 heterocycles. The molecular weight excluding hydrogens is 306 g/mol. The van der Waals surface area contributed by atoms with Crippen molar-refractivity contribution in [3.63, 3.8) is 0 Å². The maximum Gasteiger partial charge on any atom is 0.255 e. The average Bonchev–Trinajstić information content (AvgIpc) is 3.07. The van der Waals surface area contributed by atoms with E-state index < -0.39 is 0 Å². The molecule has 118 valence electrons. The number of thiocarbonyl (C=S) groups is 1. The lowest BCUT2D eigenvalue weighted by Gasteiger charge is -2.14. The van der Waals surface area contributed by atoms with Gasteiger partial charge in [0.15, 0.2) is 5.11 Å². The van der Waals surface area contributed by atoms with Gasteiger partial charge in [-0.25, -0.2) is 0 Å². The highest BCUT2D eigenvalue weighted by Crippen LogP contribution is 2.22. The SMILES string of the molecule is C/C=C\C=C(/C)N1C(=O)C(Cc2c[nH]c3ccccc23)NC1=S. The van der Waals surface area contributed by atoms with Crippen LogP contribution in [-0.2, 0) is 11.2 Å². The minimum atomic E-state index is -0.323. The van der Waals surface area contributed by atoms with E-state index in [4.69, 9.17) is 12.2 Å². The molecule has 3 rings (SSSR count). The zero-order valence-corrected chi connectivity index (χ0v) is 14.0. The van der Waals surface area contributed by atoms with Gasteiger partial charge in [0.25, 0.3) is 5.91 Å². The number of rotatable bonds is 4. The summed E-state index contributed by atoms with van der Waals surface area (Å²) in [7, 11) is 0. The van der Waals surface area contributed by atoms with Gasteiger partial charge < -0.3 is 10.3 Å². The standard InChI is InChI=1S/C18H19N3OS/c1-3-4-7-12(2)21-17(22)16(20-18(21)23)10-13-11-19-15-9-6-5-8-14(13)15/h3-9,11,16,19H,10H2,1-2H3,(H,20,23)/b4-3-,12-7+. The summed E-state index contributed by atoms with van der Waals surface area (Å²) in [6.45, 7) is 3.83. The Kier molecular flexibility index (Phi) is 4.30. The van der Waals surface area contributed by atoms with E-state index in [0.717, 1.165) is 22.2 Å². The zero-order chi connectivity index (χ0) is 16.4. The number of H-pyrrole nitrogens is 1. The molecule has 0 spiro atoms. The highest BCUT2D eigenvalue weighted by molar-refractivity contribution is 7.80. The molecule has 1 unspecified atom stereocenters. The minimum Gasteiger partial charge on any atom is -0.361 e. The molecule has 2 aromatic rings. The van der Waals surface area contributed by atoms with Gasteiger partial charge in [0.05, 0.1) is 0 Å². The molecule has 1 atom stereocenters. The lowest BCUT2D eigenvalue weighted by atomic mass is 10.1. The number of carbonyl (C=O) groups excluding carboxylic acids is 1. The van der Waals surface area contributed by atoms with Crippen molar-refractivity contribution in [1.29, 1.82) is 0 Å². The predicted molar refractivity (Wildman–Crippen MR) is 96.9 cm³/mol. The molecule has 5 heteroatoms. The third kappa shape index (κ3) is 2.92. The Bertz CT molecular complexity index is 819. The zero-order valence-electron chi connectivity index (χ0n) is 13.2. The molecule has 1 amide bonds. The number of carbonyl (C=O) groups is 1. The number of nitrogens with zero attached hydrogens (tertiary/aromatic N) is 1. The Morgan fingerprint density at radius 3 is 2.96 bits per heavy atom. The normalized spacial score (nSPS) is 19.1. The van der Waals surface area contributed by atoms with E-state index in [1.165, 1.54) is 0 Å². The van der Waals surface area contributed by atoms with Gasteiger partial charge in [0.2, 0.25) is 0 Å². The number of aromatic amines is 1. The van der Waals surface area contributed by atoms with Crippen LogP contribution in [0.2, 0.25) is 0 Å². The van der Waals surface area contributed by atoms with Crippen LogP contribution in [0, 0.1) is 0 Å². The molecule has 0 radical (unpaired) electrons. The van der Waals surface area contributed by atoms with Crippen LogP contribution in [0.4, 0.5) is 0 Å². The summed E-state index contributed by atoms with van der Waals surface area (Å²) < 4.78 is 0. The van der Waals surface area contributed by atoms with Gasteiger partial charge >= 0.3 is 0 Å². The number of nitrogens with one attached hydrogen (secondary N) is 2. The number of fused-ring (bicyclic) bond motifs is 1. The Hall–Kier alpha value is -2.40. The van der Waals surface area contributed by atoms with Crippen LogP contribution in [0.3, 0.4) is 0 Å². The van der Waals surface area contributed by atoms with Crippen molar-refractivity contribution in [2.75, 3.05) is 0 Å². The number of para-hydroxylation sites is 1. The van der Waals surface area contributed by atoms with Crippen LogP contribution in [0.15, 0.2) is 54.4 Å². The van der Waals surface area contributed by atoms with Crippen LogP contribution in [0.25, 0.3) is 10.9 Å². The van der Waals surface area contributed by atoms with E-state index in [1.807, 2.05) is 56.5 Å². The van der Waals surface area contributed by atoms with Crippen molar-refractivity contribution in [3.8, 4) is 0 Å². The van der Waals surface area contributed by atoms with Gasteiger partial charge in [-0.1, -0.05) is 30.4 Å². The van der Waals surface area contributed by atoms with Crippen LogP contribution >= 0.6 is 12.2 Å².